The number of allylic oxidation sites excluding steroid dienone is 2. The summed E-state index contributed by atoms with van der Waals surface area (Å²) in [5.41, 5.74) is 8.48. The molecule has 0 amide bonds. The van der Waals surface area contributed by atoms with E-state index in [1.807, 2.05) is 6.92 Å². The van der Waals surface area contributed by atoms with E-state index in [1.54, 1.807) is 12.1 Å². The number of nitriles is 1. The molecule has 6 rings (SSSR count). The minimum atomic E-state index is 0.680. The van der Waals surface area contributed by atoms with Crippen molar-refractivity contribution in [3.05, 3.63) is 70.7 Å². The molecular formula is C37H55N7. The fourth-order valence-electron chi connectivity index (χ4n) is 7.24. The van der Waals surface area contributed by atoms with Gasteiger partial charge in [0.1, 0.15) is 11.6 Å². The zero-order chi connectivity index (χ0) is 31.5. The summed E-state index contributed by atoms with van der Waals surface area (Å²) in [4.78, 5) is 20.9. The summed E-state index contributed by atoms with van der Waals surface area (Å²) in [6.45, 7) is 20.1. The first-order valence-electron chi connectivity index (χ1n) is 16.9. The summed E-state index contributed by atoms with van der Waals surface area (Å²) in [6.07, 6.45) is 13.6. The molecule has 0 N–H and O–H groups in total. The molecule has 1 aromatic heterocycles. The van der Waals surface area contributed by atoms with E-state index in [2.05, 4.69) is 71.3 Å². The van der Waals surface area contributed by atoms with Crippen molar-refractivity contribution in [3.8, 4) is 6.07 Å². The lowest BCUT2D eigenvalue weighted by Crippen LogP contribution is -2.47. The van der Waals surface area contributed by atoms with E-state index in [-0.39, 0.29) is 0 Å². The predicted octanol–water partition coefficient (Wildman–Crippen LogP) is 6.41. The first-order chi connectivity index (χ1) is 21.4. The fraction of sp³-hybridized carbons (Fsp3) is 0.595. The molecule has 0 saturated carbocycles. The molecule has 44 heavy (non-hydrogen) atoms. The molecule has 2 saturated heterocycles. The third-order valence-corrected chi connectivity index (χ3v) is 9.38. The molecule has 1 unspecified atom stereocenters. The zero-order valence-electron chi connectivity index (χ0n) is 28.1. The maximum Gasteiger partial charge on any atom is 0.136 e. The van der Waals surface area contributed by atoms with Gasteiger partial charge in [-0.1, -0.05) is 37.3 Å². The molecule has 4 aliphatic rings. The molecule has 0 bridgehead atoms. The average Bonchev–Trinajstić information content (AvgIpc) is 3.45. The monoisotopic (exact) mass is 597 g/mol. The molecule has 7 heteroatoms. The van der Waals surface area contributed by atoms with Gasteiger partial charge in [-0.05, 0) is 90.1 Å². The van der Waals surface area contributed by atoms with E-state index >= 15 is 0 Å². The Morgan fingerprint density at radius 1 is 1.07 bits per heavy atom. The van der Waals surface area contributed by atoms with E-state index in [0.717, 1.165) is 70.8 Å². The van der Waals surface area contributed by atoms with Crippen LogP contribution in [0.4, 0.5) is 5.82 Å². The normalized spacial score (nSPS) is 19.8. The van der Waals surface area contributed by atoms with Gasteiger partial charge < -0.3 is 14.7 Å². The molecule has 1 atom stereocenters. The fourth-order valence-corrected chi connectivity index (χ4v) is 7.24. The van der Waals surface area contributed by atoms with Crippen LogP contribution in [0.2, 0.25) is 0 Å². The predicted molar refractivity (Wildman–Crippen MR) is 184 cm³/mol. The van der Waals surface area contributed by atoms with Gasteiger partial charge in [0.05, 0.1) is 18.3 Å². The lowest BCUT2D eigenvalue weighted by atomic mass is 9.89. The van der Waals surface area contributed by atoms with Gasteiger partial charge in [0.15, 0.2) is 0 Å². The molecule has 238 valence electrons. The van der Waals surface area contributed by atoms with Crippen LogP contribution in [0.25, 0.3) is 5.70 Å². The third kappa shape index (κ3) is 8.28. The van der Waals surface area contributed by atoms with Gasteiger partial charge in [-0.3, -0.25) is 4.90 Å². The zero-order valence-corrected chi connectivity index (χ0v) is 28.1. The summed E-state index contributed by atoms with van der Waals surface area (Å²) in [7, 11) is 2.28. The second-order valence-corrected chi connectivity index (χ2v) is 12.6. The molecule has 3 aliphatic heterocycles. The summed E-state index contributed by atoms with van der Waals surface area (Å²) >= 11 is 0. The van der Waals surface area contributed by atoms with Crippen molar-refractivity contribution in [2.75, 3.05) is 57.8 Å². The minimum absolute atomic E-state index is 0.680. The standard InChI is InChI=1S/C32H46N6.C3H6.C2H3N/c1-4-16-36-19-21-37(22-20-36)32-27-15-18-38(29-12-6-10-25-9-5-8-24(2)31(25)29)23-28(27)33-30(34-32)14-13-26-11-7-17-35(26)3;1-3-2;1-2-3/h5,8-9,12,26H,4,6-7,10-11,13-23H2,1-3H3;3H,1H2,2H3;1H3. The average molecular weight is 598 g/mol. The van der Waals surface area contributed by atoms with Gasteiger partial charge in [-0.15, -0.1) is 6.58 Å². The number of aryl methyl sites for hydroxylation is 3. The molecule has 1 aromatic carbocycles. The second-order valence-electron chi connectivity index (χ2n) is 12.6. The maximum atomic E-state index is 7.32. The number of likely N-dealkylation sites (tertiary alicyclic amines) is 1. The lowest BCUT2D eigenvalue weighted by molar-refractivity contribution is 0.257. The van der Waals surface area contributed by atoms with Gasteiger partial charge in [-0.25, -0.2) is 9.97 Å². The Bertz CT molecular complexity index is 1300. The SMILES string of the molecule is C=CC.CC#N.CCCN1CCN(c2nc(CCC3CCCN3C)nc3c2CCN(C2=CCCc4cccc(C)c42)C3)CC1. The van der Waals surface area contributed by atoms with Crippen LogP contribution in [-0.2, 0) is 25.8 Å². The van der Waals surface area contributed by atoms with Crippen molar-refractivity contribution < 1.29 is 0 Å². The molecule has 1 aliphatic carbocycles. The summed E-state index contributed by atoms with van der Waals surface area (Å²) in [5, 5.41) is 7.32. The molecule has 7 nitrogen and oxygen atoms in total. The number of benzene rings is 1. The van der Waals surface area contributed by atoms with Crippen molar-refractivity contribution in [2.45, 2.75) is 91.6 Å². The minimum Gasteiger partial charge on any atom is -0.365 e. The van der Waals surface area contributed by atoms with Crippen LogP contribution >= 0.6 is 0 Å². The molecule has 2 aromatic rings. The highest BCUT2D eigenvalue weighted by Gasteiger charge is 2.30. The van der Waals surface area contributed by atoms with Crippen molar-refractivity contribution in [3.63, 3.8) is 0 Å². The van der Waals surface area contributed by atoms with Crippen LogP contribution in [0.5, 0.6) is 0 Å². The molecular weight excluding hydrogens is 542 g/mol. The van der Waals surface area contributed by atoms with Crippen molar-refractivity contribution in [1.82, 2.24) is 24.7 Å². The van der Waals surface area contributed by atoms with Crippen LogP contribution in [0, 0.1) is 18.3 Å². The Morgan fingerprint density at radius 2 is 1.82 bits per heavy atom. The summed E-state index contributed by atoms with van der Waals surface area (Å²) < 4.78 is 0. The number of aromatic nitrogens is 2. The van der Waals surface area contributed by atoms with Crippen LogP contribution in [-0.4, -0.2) is 83.6 Å². The Labute approximate surface area is 267 Å². The van der Waals surface area contributed by atoms with Crippen molar-refractivity contribution in [2.24, 2.45) is 0 Å². The topological polar surface area (TPSA) is 62.5 Å². The van der Waals surface area contributed by atoms with E-state index in [4.69, 9.17) is 15.2 Å². The van der Waals surface area contributed by atoms with Crippen LogP contribution in [0.1, 0.15) is 86.6 Å². The Hall–Kier alpha value is -3.21. The lowest BCUT2D eigenvalue weighted by Gasteiger charge is -2.39. The summed E-state index contributed by atoms with van der Waals surface area (Å²) in [5.74, 6) is 2.31. The molecule has 2 fully saturated rings. The van der Waals surface area contributed by atoms with E-state index in [1.165, 1.54) is 85.2 Å². The van der Waals surface area contributed by atoms with Gasteiger partial charge in [0, 0.05) is 68.9 Å². The summed E-state index contributed by atoms with van der Waals surface area (Å²) in [6, 6.07) is 9.24. The van der Waals surface area contributed by atoms with Crippen LogP contribution < -0.4 is 4.90 Å². The van der Waals surface area contributed by atoms with E-state index < -0.39 is 0 Å². The number of fused-ring (bicyclic) bond motifs is 2. The largest absolute Gasteiger partial charge is 0.365 e. The first-order valence-corrected chi connectivity index (χ1v) is 16.9. The molecule has 0 radical (unpaired) electrons. The highest BCUT2D eigenvalue weighted by molar-refractivity contribution is 5.72. The number of hydrogen-bond acceptors (Lipinski definition) is 7. The first kappa shape index (κ1) is 33.7. The van der Waals surface area contributed by atoms with Gasteiger partial charge in [0.2, 0.25) is 0 Å². The Balaban J connectivity index is 0.000000683. The van der Waals surface area contributed by atoms with E-state index in [0.29, 0.717) is 6.04 Å². The van der Waals surface area contributed by atoms with Gasteiger partial charge in [0.25, 0.3) is 0 Å². The van der Waals surface area contributed by atoms with Crippen LogP contribution in [0.3, 0.4) is 0 Å². The van der Waals surface area contributed by atoms with Gasteiger partial charge >= 0.3 is 0 Å². The number of piperazine rings is 1. The van der Waals surface area contributed by atoms with Crippen molar-refractivity contribution >= 4 is 11.5 Å². The Morgan fingerprint density at radius 3 is 2.50 bits per heavy atom. The van der Waals surface area contributed by atoms with E-state index in [9.17, 15) is 0 Å². The van der Waals surface area contributed by atoms with Gasteiger partial charge in [-0.2, -0.15) is 5.26 Å². The highest BCUT2D eigenvalue weighted by Crippen LogP contribution is 2.36. The second kappa shape index (κ2) is 16.7. The van der Waals surface area contributed by atoms with Crippen LogP contribution in [0.15, 0.2) is 36.9 Å². The molecule has 4 heterocycles. The number of anilines is 1. The Kier molecular flexibility index (Phi) is 12.8. The quantitative estimate of drug-likeness (QED) is 0.342. The number of hydrogen-bond donors (Lipinski definition) is 0. The highest BCUT2D eigenvalue weighted by atomic mass is 15.3. The van der Waals surface area contributed by atoms with Crippen molar-refractivity contribution in [1.29, 1.82) is 5.26 Å². The number of rotatable bonds is 7. The maximum absolute atomic E-state index is 7.32. The molecule has 0 spiro atoms. The third-order valence-electron chi connectivity index (χ3n) is 9.38. The smallest absolute Gasteiger partial charge is 0.136 e. The number of nitrogens with zero attached hydrogens (tertiary/aromatic N) is 7.